The standard InChI is InChI=1S/C10H10FNO/c11-9-5-1-3-8(7-9)4-2-6-10(12)13/h1-5,7H,6H2,(H2,12,13). The molecule has 0 bridgehead atoms. The number of amides is 1. The van der Waals surface area contributed by atoms with Gasteiger partial charge in [0.15, 0.2) is 0 Å². The van der Waals surface area contributed by atoms with Crippen LogP contribution < -0.4 is 5.73 Å². The summed E-state index contributed by atoms with van der Waals surface area (Å²) in [5.41, 5.74) is 5.65. The molecule has 0 aliphatic carbocycles. The van der Waals surface area contributed by atoms with E-state index >= 15 is 0 Å². The highest BCUT2D eigenvalue weighted by atomic mass is 19.1. The molecule has 0 unspecified atom stereocenters. The number of hydrogen-bond donors (Lipinski definition) is 1. The van der Waals surface area contributed by atoms with Crippen molar-refractivity contribution in [2.45, 2.75) is 6.42 Å². The van der Waals surface area contributed by atoms with Crippen LogP contribution >= 0.6 is 0 Å². The van der Waals surface area contributed by atoms with Crippen molar-refractivity contribution in [2.24, 2.45) is 5.73 Å². The Kier molecular flexibility index (Phi) is 3.20. The zero-order chi connectivity index (χ0) is 9.68. The quantitative estimate of drug-likeness (QED) is 0.754. The molecule has 1 amide bonds. The van der Waals surface area contributed by atoms with E-state index in [-0.39, 0.29) is 12.2 Å². The number of halogens is 1. The monoisotopic (exact) mass is 179 g/mol. The van der Waals surface area contributed by atoms with Gasteiger partial charge in [0.05, 0.1) is 0 Å². The molecule has 0 spiro atoms. The Balaban J connectivity index is 2.63. The molecule has 0 saturated carbocycles. The summed E-state index contributed by atoms with van der Waals surface area (Å²) < 4.78 is 12.6. The molecule has 0 aliphatic heterocycles. The molecule has 0 aromatic heterocycles. The highest BCUT2D eigenvalue weighted by Gasteiger charge is 1.90. The summed E-state index contributed by atoms with van der Waals surface area (Å²) in [6.07, 6.45) is 3.45. The van der Waals surface area contributed by atoms with E-state index in [4.69, 9.17) is 5.73 Å². The van der Waals surface area contributed by atoms with Crippen molar-refractivity contribution < 1.29 is 9.18 Å². The normalized spacial score (nSPS) is 10.5. The molecule has 1 aromatic carbocycles. The Morgan fingerprint density at radius 1 is 1.54 bits per heavy atom. The first-order valence-corrected chi connectivity index (χ1v) is 3.89. The molecule has 0 atom stereocenters. The summed E-state index contributed by atoms with van der Waals surface area (Å²) in [5, 5.41) is 0. The topological polar surface area (TPSA) is 43.1 Å². The molecule has 2 nitrogen and oxygen atoms in total. The van der Waals surface area contributed by atoms with Gasteiger partial charge in [-0.3, -0.25) is 4.79 Å². The van der Waals surface area contributed by atoms with E-state index in [1.165, 1.54) is 12.1 Å². The van der Waals surface area contributed by atoms with Crippen molar-refractivity contribution in [3.63, 3.8) is 0 Å². The summed E-state index contributed by atoms with van der Waals surface area (Å²) >= 11 is 0. The Labute approximate surface area is 75.9 Å². The zero-order valence-corrected chi connectivity index (χ0v) is 7.03. The van der Waals surface area contributed by atoms with E-state index in [0.29, 0.717) is 0 Å². The van der Waals surface area contributed by atoms with Gasteiger partial charge < -0.3 is 5.73 Å². The summed E-state index contributed by atoms with van der Waals surface area (Å²) in [6, 6.07) is 6.11. The van der Waals surface area contributed by atoms with E-state index in [0.717, 1.165) is 5.56 Å². The Morgan fingerprint density at radius 3 is 2.92 bits per heavy atom. The van der Waals surface area contributed by atoms with Crippen molar-refractivity contribution in [1.82, 2.24) is 0 Å². The van der Waals surface area contributed by atoms with Crippen LogP contribution in [0.15, 0.2) is 30.3 Å². The lowest BCUT2D eigenvalue weighted by molar-refractivity contribution is -0.117. The number of benzene rings is 1. The molecule has 2 N–H and O–H groups in total. The first-order chi connectivity index (χ1) is 6.18. The van der Waals surface area contributed by atoms with Crippen LogP contribution in [0.1, 0.15) is 12.0 Å². The smallest absolute Gasteiger partial charge is 0.221 e. The van der Waals surface area contributed by atoms with Crippen molar-refractivity contribution in [3.05, 3.63) is 41.7 Å². The Morgan fingerprint density at radius 2 is 2.31 bits per heavy atom. The Hall–Kier alpha value is -1.64. The fourth-order valence-electron chi connectivity index (χ4n) is 0.921. The summed E-state index contributed by atoms with van der Waals surface area (Å²) in [7, 11) is 0. The van der Waals surface area contributed by atoms with Gasteiger partial charge in [0, 0.05) is 6.42 Å². The van der Waals surface area contributed by atoms with Gasteiger partial charge in [-0.25, -0.2) is 4.39 Å². The average molecular weight is 179 g/mol. The number of carbonyl (C=O) groups is 1. The summed E-state index contributed by atoms with van der Waals surface area (Å²) in [4.78, 5) is 10.4. The van der Waals surface area contributed by atoms with E-state index in [1.54, 1.807) is 24.3 Å². The van der Waals surface area contributed by atoms with Crippen LogP contribution in [0.5, 0.6) is 0 Å². The van der Waals surface area contributed by atoms with E-state index < -0.39 is 5.91 Å². The molecule has 1 rings (SSSR count). The minimum absolute atomic E-state index is 0.177. The number of hydrogen-bond acceptors (Lipinski definition) is 1. The van der Waals surface area contributed by atoms with Gasteiger partial charge in [0.25, 0.3) is 0 Å². The molecular weight excluding hydrogens is 169 g/mol. The van der Waals surface area contributed by atoms with Gasteiger partial charge >= 0.3 is 0 Å². The lowest BCUT2D eigenvalue weighted by Gasteiger charge is -1.92. The van der Waals surface area contributed by atoms with Crippen LogP contribution in [0, 0.1) is 5.82 Å². The molecule has 0 radical (unpaired) electrons. The van der Waals surface area contributed by atoms with E-state index in [1.807, 2.05) is 0 Å². The average Bonchev–Trinajstić information content (AvgIpc) is 2.03. The summed E-state index contributed by atoms with van der Waals surface area (Å²) in [6.45, 7) is 0. The Bertz CT molecular complexity index is 333. The van der Waals surface area contributed by atoms with Crippen LogP contribution in [-0.4, -0.2) is 5.91 Å². The second-order valence-corrected chi connectivity index (χ2v) is 2.63. The molecule has 0 fully saturated rings. The minimum Gasteiger partial charge on any atom is -0.369 e. The molecular formula is C10H10FNO. The van der Waals surface area contributed by atoms with Crippen molar-refractivity contribution >= 4 is 12.0 Å². The van der Waals surface area contributed by atoms with E-state index in [9.17, 15) is 9.18 Å². The van der Waals surface area contributed by atoms with E-state index in [2.05, 4.69) is 0 Å². The van der Waals surface area contributed by atoms with Crippen LogP contribution in [0.25, 0.3) is 6.08 Å². The molecule has 1 aromatic rings. The molecule has 13 heavy (non-hydrogen) atoms. The molecule has 0 aliphatic rings. The fraction of sp³-hybridized carbons (Fsp3) is 0.100. The van der Waals surface area contributed by atoms with Crippen LogP contribution in [0.2, 0.25) is 0 Å². The van der Waals surface area contributed by atoms with Crippen molar-refractivity contribution in [1.29, 1.82) is 0 Å². The van der Waals surface area contributed by atoms with Gasteiger partial charge in [-0.05, 0) is 17.7 Å². The number of primary amides is 1. The van der Waals surface area contributed by atoms with Gasteiger partial charge in [0.1, 0.15) is 5.82 Å². The third kappa shape index (κ3) is 3.51. The lowest BCUT2D eigenvalue weighted by Crippen LogP contribution is -2.07. The maximum Gasteiger partial charge on any atom is 0.221 e. The zero-order valence-electron chi connectivity index (χ0n) is 7.03. The highest BCUT2D eigenvalue weighted by molar-refractivity contribution is 5.76. The molecule has 3 heteroatoms. The predicted octanol–water partition coefficient (Wildman–Crippen LogP) is 1.71. The number of nitrogens with two attached hydrogens (primary N) is 1. The lowest BCUT2D eigenvalue weighted by atomic mass is 10.2. The van der Waals surface area contributed by atoms with Crippen LogP contribution in [-0.2, 0) is 4.79 Å². The van der Waals surface area contributed by atoms with Crippen LogP contribution in [0.4, 0.5) is 4.39 Å². The molecule has 0 saturated heterocycles. The van der Waals surface area contributed by atoms with Crippen molar-refractivity contribution in [3.8, 4) is 0 Å². The van der Waals surface area contributed by atoms with Crippen molar-refractivity contribution in [2.75, 3.05) is 0 Å². The first kappa shape index (κ1) is 9.45. The second kappa shape index (κ2) is 4.40. The highest BCUT2D eigenvalue weighted by Crippen LogP contribution is 2.05. The first-order valence-electron chi connectivity index (χ1n) is 3.89. The van der Waals surface area contributed by atoms with Gasteiger partial charge in [-0.1, -0.05) is 24.3 Å². The van der Waals surface area contributed by atoms with Gasteiger partial charge in [0.2, 0.25) is 5.91 Å². The maximum atomic E-state index is 12.6. The number of rotatable bonds is 3. The largest absolute Gasteiger partial charge is 0.369 e. The molecule has 0 heterocycles. The van der Waals surface area contributed by atoms with Gasteiger partial charge in [-0.15, -0.1) is 0 Å². The summed E-state index contributed by atoms with van der Waals surface area (Å²) in [5.74, 6) is -0.686. The third-order valence-electron chi connectivity index (χ3n) is 1.48. The second-order valence-electron chi connectivity index (χ2n) is 2.63. The predicted molar refractivity (Wildman–Crippen MR) is 49.2 cm³/mol. The number of carbonyl (C=O) groups excluding carboxylic acids is 1. The van der Waals surface area contributed by atoms with Crippen LogP contribution in [0.3, 0.4) is 0 Å². The fourth-order valence-corrected chi connectivity index (χ4v) is 0.921. The molecule has 68 valence electrons. The minimum atomic E-state index is -0.396. The SMILES string of the molecule is NC(=O)CC=Cc1cccc(F)c1. The third-order valence-corrected chi connectivity index (χ3v) is 1.48. The maximum absolute atomic E-state index is 12.6. The van der Waals surface area contributed by atoms with Gasteiger partial charge in [-0.2, -0.15) is 0 Å².